The van der Waals surface area contributed by atoms with E-state index in [9.17, 15) is 9.18 Å². The molecular formula is C17H14ClFN4O2S. The van der Waals surface area contributed by atoms with E-state index in [0.29, 0.717) is 23.3 Å². The summed E-state index contributed by atoms with van der Waals surface area (Å²) in [5.74, 6) is 0.185. The number of aromatic nitrogens is 3. The quantitative estimate of drug-likeness (QED) is 0.480. The van der Waals surface area contributed by atoms with Gasteiger partial charge in [-0.05, 0) is 30.3 Å². The van der Waals surface area contributed by atoms with Crippen molar-refractivity contribution >= 4 is 35.0 Å². The lowest BCUT2D eigenvalue weighted by Gasteiger charge is -2.08. The molecule has 2 aromatic heterocycles. The van der Waals surface area contributed by atoms with Crippen molar-refractivity contribution in [3.05, 3.63) is 60.1 Å². The number of carbonyl (C=O) groups excluding carboxylic acids is 1. The predicted molar refractivity (Wildman–Crippen MR) is 98.7 cm³/mol. The molecule has 0 spiro atoms. The van der Waals surface area contributed by atoms with Crippen LogP contribution >= 0.6 is 23.4 Å². The van der Waals surface area contributed by atoms with Crippen LogP contribution in [0.25, 0.3) is 11.6 Å². The van der Waals surface area contributed by atoms with E-state index >= 15 is 0 Å². The molecule has 134 valence electrons. The molecule has 0 bridgehead atoms. The SMILES string of the molecule is C=CCn1c(SCC(=O)Nc2ccc(Cl)cc2F)nnc1-c1ccco1. The Hall–Kier alpha value is -2.58. The van der Waals surface area contributed by atoms with Gasteiger partial charge in [-0.2, -0.15) is 0 Å². The molecule has 0 saturated heterocycles. The minimum absolute atomic E-state index is 0.0372. The van der Waals surface area contributed by atoms with Crippen LogP contribution in [0.2, 0.25) is 5.02 Å². The summed E-state index contributed by atoms with van der Waals surface area (Å²) in [5.41, 5.74) is 0.0730. The Morgan fingerprint density at radius 3 is 2.96 bits per heavy atom. The van der Waals surface area contributed by atoms with E-state index in [-0.39, 0.29) is 22.4 Å². The van der Waals surface area contributed by atoms with E-state index in [0.717, 1.165) is 6.07 Å². The largest absolute Gasteiger partial charge is 0.461 e. The average Bonchev–Trinajstić information content (AvgIpc) is 3.26. The molecule has 1 amide bonds. The Kier molecular flexibility index (Phi) is 5.75. The molecule has 0 aliphatic heterocycles. The topological polar surface area (TPSA) is 73.0 Å². The van der Waals surface area contributed by atoms with E-state index in [1.54, 1.807) is 29.0 Å². The molecule has 0 aliphatic carbocycles. The van der Waals surface area contributed by atoms with Gasteiger partial charge >= 0.3 is 0 Å². The molecular weight excluding hydrogens is 379 g/mol. The number of amides is 1. The van der Waals surface area contributed by atoms with Crippen molar-refractivity contribution in [2.75, 3.05) is 11.1 Å². The van der Waals surface area contributed by atoms with E-state index in [4.69, 9.17) is 16.0 Å². The minimum Gasteiger partial charge on any atom is -0.461 e. The van der Waals surface area contributed by atoms with Gasteiger partial charge in [0.05, 0.1) is 17.7 Å². The molecule has 1 N–H and O–H groups in total. The van der Waals surface area contributed by atoms with Crippen molar-refractivity contribution in [1.29, 1.82) is 0 Å². The lowest BCUT2D eigenvalue weighted by Crippen LogP contribution is -2.15. The number of hydrogen-bond donors (Lipinski definition) is 1. The third-order valence-corrected chi connectivity index (χ3v) is 4.51. The van der Waals surface area contributed by atoms with Gasteiger partial charge in [0.15, 0.2) is 10.9 Å². The van der Waals surface area contributed by atoms with Crippen LogP contribution in [-0.2, 0) is 11.3 Å². The smallest absolute Gasteiger partial charge is 0.234 e. The van der Waals surface area contributed by atoms with Crippen LogP contribution < -0.4 is 5.32 Å². The summed E-state index contributed by atoms with van der Waals surface area (Å²) in [6.07, 6.45) is 3.24. The number of nitrogens with one attached hydrogen (secondary N) is 1. The molecule has 1 aromatic carbocycles. The number of furan rings is 1. The highest BCUT2D eigenvalue weighted by atomic mass is 35.5. The highest BCUT2D eigenvalue weighted by molar-refractivity contribution is 7.99. The fourth-order valence-corrected chi connectivity index (χ4v) is 3.09. The summed E-state index contributed by atoms with van der Waals surface area (Å²) < 4.78 is 20.9. The Morgan fingerprint density at radius 2 is 2.27 bits per heavy atom. The van der Waals surface area contributed by atoms with Crippen molar-refractivity contribution in [2.24, 2.45) is 0 Å². The van der Waals surface area contributed by atoms with Crippen molar-refractivity contribution in [1.82, 2.24) is 14.8 Å². The van der Waals surface area contributed by atoms with Gasteiger partial charge in [0.1, 0.15) is 5.82 Å². The molecule has 2 heterocycles. The second kappa shape index (κ2) is 8.20. The maximum absolute atomic E-state index is 13.7. The van der Waals surface area contributed by atoms with Gasteiger partial charge in [0, 0.05) is 11.6 Å². The van der Waals surface area contributed by atoms with E-state index in [1.807, 2.05) is 0 Å². The molecule has 6 nitrogen and oxygen atoms in total. The van der Waals surface area contributed by atoms with Crippen LogP contribution in [0.1, 0.15) is 0 Å². The summed E-state index contributed by atoms with van der Waals surface area (Å²) in [4.78, 5) is 12.1. The minimum atomic E-state index is -0.592. The molecule has 9 heteroatoms. The molecule has 3 aromatic rings. The summed E-state index contributed by atoms with van der Waals surface area (Å²) in [6, 6.07) is 7.58. The summed E-state index contributed by atoms with van der Waals surface area (Å²) in [6.45, 7) is 4.18. The van der Waals surface area contributed by atoms with Gasteiger partial charge in [0.2, 0.25) is 11.7 Å². The number of halogens is 2. The fourth-order valence-electron chi connectivity index (χ4n) is 2.18. The number of carbonyl (C=O) groups is 1. The summed E-state index contributed by atoms with van der Waals surface area (Å²) in [7, 11) is 0. The third-order valence-electron chi connectivity index (χ3n) is 3.31. The Balaban J connectivity index is 1.69. The second-order valence-corrected chi connectivity index (χ2v) is 6.52. The van der Waals surface area contributed by atoms with Crippen LogP contribution in [0.3, 0.4) is 0 Å². The zero-order chi connectivity index (χ0) is 18.5. The number of benzene rings is 1. The van der Waals surface area contributed by atoms with Crippen molar-refractivity contribution in [2.45, 2.75) is 11.7 Å². The maximum Gasteiger partial charge on any atom is 0.234 e. The zero-order valence-corrected chi connectivity index (χ0v) is 15.1. The highest BCUT2D eigenvalue weighted by Crippen LogP contribution is 2.25. The first-order valence-corrected chi connectivity index (χ1v) is 8.90. The molecule has 26 heavy (non-hydrogen) atoms. The molecule has 0 atom stereocenters. The number of thioether (sulfide) groups is 1. The van der Waals surface area contributed by atoms with Gasteiger partial charge in [-0.1, -0.05) is 29.4 Å². The van der Waals surface area contributed by atoms with Crippen molar-refractivity contribution in [3.63, 3.8) is 0 Å². The van der Waals surface area contributed by atoms with Gasteiger partial charge < -0.3 is 9.73 Å². The standard InChI is InChI=1S/C17H14ClFN4O2S/c1-2-7-23-16(14-4-3-8-25-14)21-22-17(23)26-10-15(24)20-13-6-5-11(18)9-12(13)19/h2-6,8-9H,1,7,10H2,(H,20,24). The number of allylic oxidation sites excluding steroid dienone is 1. The molecule has 3 rings (SSSR count). The second-order valence-electron chi connectivity index (χ2n) is 5.14. The maximum atomic E-state index is 13.7. The van der Waals surface area contributed by atoms with Crippen molar-refractivity contribution < 1.29 is 13.6 Å². The molecule has 0 fully saturated rings. The van der Waals surface area contributed by atoms with Gasteiger partial charge in [0.25, 0.3) is 0 Å². The first-order valence-electron chi connectivity index (χ1n) is 7.54. The van der Waals surface area contributed by atoms with Gasteiger partial charge in [-0.15, -0.1) is 16.8 Å². The number of hydrogen-bond acceptors (Lipinski definition) is 5. The summed E-state index contributed by atoms with van der Waals surface area (Å²) in [5, 5.41) is 11.5. The molecule has 0 aliphatic rings. The predicted octanol–water partition coefficient (Wildman–Crippen LogP) is 4.25. The van der Waals surface area contributed by atoms with Crippen LogP contribution in [0.4, 0.5) is 10.1 Å². The molecule has 0 radical (unpaired) electrons. The monoisotopic (exact) mass is 392 g/mol. The van der Waals surface area contributed by atoms with E-state index in [2.05, 4.69) is 22.1 Å². The third kappa shape index (κ3) is 4.14. The lowest BCUT2D eigenvalue weighted by atomic mass is 10.3. The van der Waals surface area contributed by atoms with Crippen LogP contribution in [0, 0.1) is 5.82 Å². The van der Waals surface area contributed by atoms with Gasteiger partial charge in [-0.3, -0.25) is 9.36 Å². The van der Waals surface area contributed by atoms with Crippen LogP contribution in [-0.4, -0.2) is 26.4 Å². The molecule has 0 unspecified atom stereocenters. The Morgan fingerprint density at radius 1 is 1.42 bits per heavy atom. The van der Waals surface area contributed by atoms with Crippen LogP contribution in [0.5, 0.6) is 0 Å². The Bertz CT molecular complexity index is 927. The molecule has 0 saturated carbocycles. The van der Waals surface area contributed by atoms with Gasteiger partial charge in [-0.25, -0.2) is 4.39 Å². The fraction of sp³-hybridized carbons (Fsp3) is 0.118. The van der Waals surface area contributed by atoms with Crippen LogP contribution in [0.15, 0.2) is 58.8 Å². The average molecular weight is 393 g/mol. The highest BCUT2D eigenvalue weighted by Gasteiger charge is 2.17. The van der Waals surface area contributed by atoms with E-state index in [1.165, 1.54) is 23.9 Å². The zero-order valence-electron chi connectivity index (χ0n) is 13.5. The number of nitrogens with zero attached hydrogens (tertiary/aromatic N) is 3. The number of anilines is 1. The lowest BCUT2D eigenvalue weighted by molar-refractivity contribution is -0.113. The summed E-state index contributed by atoms with van der Waals surface area (Å²) >= 11 is 6.88. The first-order chi connectivity index (χ1) is 12.6. The number of rotatable bonds is 7. The first kappa shape index (κ1) is 18.2. The normalized spacial score (nSPS) is 10.7. The van der Waals surface area contributed by atoms with E-state index < -0.39 is 5.82 Å². The Labute approximate surface area is 158 Å². The van der Waals surface area contributed by atoms with Crippen molar-refractivity contribution in [3.8, 4) is 11.6 Å².